The Kier molecular flexibility index (Phi) is 5.79. The number of halogens is 3. The Bertz CT molecular complexity index is 1220. The van der Waals surface area contributed by atoms with Gasteiger partial charge in [-0.25, -0.2) is 9.97 Å². The molecule has 0 radical (unpaired) electrons. The number of piperidine rings is 1. The van der Waals surface area contributed by atoms with Gasteiger partial charge in [0.05, 0.1) is 35.4 Å². The lowest BCUT2D eigenvalue weighted by molar-refractivity contribution is -0.185. The SMILES string of the molecule is Cc1cn2c(-c3cn[nH]c3)cnc2c(Nc2cc(CCN3CCC(C(F)(F)F)CC3)ns2)n1. The van der Waals surface area contributed by atoms with Crippen LogP contribution in [-0.2, 0) is 6.42 Å². The highest BCUT2D eigenvalue weighted by atomic mass is 32.1. The van der Waals surface area contributed by atoms with Gasteiger partial charge in [0.15, 0.2) is 11.5 Å². The molecule has 0 bridgehead atoms. The highest BCUT2D eigenvalue weighted by Gasteiger charge is 2.40. The van der Waals surface area contributed by atoms with Crippen molar-refractivity contribution >= 4 is 28.0 Å². The molecule has 5 rings (SSSR count). The van der Waals surface area contributed by atoms with Crippen LogP contribution in [0.3, 0.4) is 0 Å². The number of likely N-dealkylation sites (tertiary alicyclic amines) is 1. The molecule has 0 aromatic carbocycles. The Hall–Kier alpha value is -2.99. The van der Waals surface area contributed by atoms with E-state index >= 15 is 0 Å². The van der Waals surface area contributed by atoms with E-state index in [0.717, 1.165) is 27.6 Å². The lowest BCUT2D eigenvalue weighted by Gasteiger charge is -2.32. The number of aromatic nitrogens is 6. The normalized spacial score (nSPS) is 16.0. The van der Waals surface area contributed by atoms with Crippen molar-refractivity contribution in [3.05, 3.63) is 42.2 Å². The molecule has 8 nitrogen and oxygen atoms in total. The van der Waals surface area contributed by atoms with E-state index in [-0.39, 0.29) is 12.8 Å². The topological polar surface area (TPSA) is 87.0 Å². The molecule has 0 amide bonds. The van der Waals surface area contributed by atoms with Crippen LogP contribution in [0.2, 0.25) is 0 Å². The van der Waals surface area contributed by atoms with E-state index in [1.807, 2.05) is 29.8 Å². The second-order valence-electron chi connectivity index (χ2n) is 8.27. The molecule has 5 heterocycles. The van der Waals surface area contributed by atoms with E-state index in [2.05, 4.69) is 34.8 Å². The van der Waals surface area contributed by atoms with Crippen LogP contribution in [0.4, 0.5) is 24.0 Å². The van der Waals surface area contributed by atoms with E-state index in [1.54, 1.807) is 12.4 Å². The maximum absolute atomic E-state index is 12.8. The second-order valence-corrected chi connectivity index (χ2v) is 9.07. The Labute approximate surface area is 192 Å². The van der Waals surface area contributed by atoms with Gasteiger partial charge in [-0.15, -0.1) is 0 Å². The third kappa shape index (κ3) is 4.71. The fraction of sp³-hybridized carbons (Fsp3) is 0.429. The van der Waals surface area contributed by atoms with Crippen LogP contribution in [-0.4, -0.2) is 59.7 Å². The van der Waals surface area contributed by atoms with Crippen LogP contribution in [0, 0.1) is 12.8 Å². The van der Waals surface area contributed by atoms with Gasteiger partial charge in [-0.05, 0) is 50.5 Å². The number of imidazole rings is 1. The molecule has 4 aromatic rings. The number of nitrogens with one attached hydrogen (secondary N) is 2. The lowest BCUT2D eigenvalue weighted by atomic mass is 9.96. The summed E-state index contributed by atoms with van der Waals surface area (Å²) in [5, 5.41) is 11.0. The van der Waals surface area contributed by atoms with Crippen molar-refractivity contribution in [1.29, 1.82) is 0 Å². The van der Waals surface area contributed by atoms with Gasteiger partial charge < -0.3 is 10.2 Å². The Morgan fingerprint density at radius 2 is 2.06 bits per heavy atom. The van der Waals surface area contributed by atoms with E-state index < -0.39 is 12.1 Å². The average Bonchev–Trinajstić information content (AvgIpc) is 3.52. The van der Waals surface area contributed by atoms with Crippen LogP contribution in [0.1, 0.15) is 24.2 Å². The number of H-pyrrole nitrogens is 1. The number of aryl methyl sites for hydroxylation is 1. The summed E-state index contributed by atoms with van der Waals surface area (Å²) >= 11 is 1.33. The minimum absolute atomic E-state index is 0.174. The van der Waals surface area contributed by atoms with Crippen molar-refractivity contribution in [2.75, 3.05) is 25.0 Å². The maximum Gasteiger partial charge on any atom is 0.391 e. The zero-order valence-electron chi connectivity index (χ0n) is 17.9. The largest absolute Gasteiger partial charge is 0.391 e. The van der Waals surface area contributed by atoms with Crippen molar-refractivity contribution in [2.24, 2.45) is 5.92 Å². The molecular weight excluding hydrogens is 453 g/mol. The van der Waals surface area contributed by atoms with Crippen LogP contribution >= 0.6 is 11.5 Å². The zero-order chi connectivity index (χ0) is 23.0. The lowest BCUT2D eigenvalue weighted by Crippen LogP contribution is -2.39. The molecule has 1 aliphatic rings. The molecule has 1 saturated heterocycles. The summed E-state index contributed by atoms with van der Waals surface area (Å²) < 4.78 is 45.0. The molecular formula is C21H23F3N8S. The van der Waals surface area contributed by atoms with E-state index in [0.29, 0.717) is 37.5 Å². The third-order valence-corrected chi connectivity index (χ3v) is 6.68. The molecule has 12 heteroatoms. The number of alkyl halides is 3. The standard InChI is InChI=1S/C21H23F3N8S/c1-13-12-32-17(14-9-26-27-10-14)11-25-20(32)19(28-13)29-18-8-16(30-33-18)4-7-31-5-2-15(3-6-31)21(22,23)24/h8-12,15H,2-7H2,1H3,(H,26,27)(H,28,29). The van der Waals surface area contributed by atoms with Crippen LogP contribution in [0.25, 0.3) is 16.9 Å². The minimum Gasteiger partial charge on any atom is -0.328 e. The summed E-state index contributed by atoms with van der Waals surface area (Å²) in [7, 11) is 0. The van der Waals surface area contributed by atoms with E-state index in [1.165, 1.54) is 11.5 Å². The number of fused-ring (bicyclic) bond motifs is 1. The summed E-state index contributed by atoms with van der Waals surface area (Å²) in [6.45, 7) is 3.58. The quantitative estimate of drug-likeness (QED) is 0.428. The molecule has 2 N–H and O–H groups in total. The predicted octanol–water partition coefficient (Wildman–Crippen LogP) is 4.44. The van der Waals surface area contributed by atoms with Crippen molar-refractivity contribution in [3.63, 3.8) is 0 Å². The molecule has 1 fully saturated rings. The van der Waals surface area contributed by atoms with Crippen molar-refractivity contribution in [3.8, 4) is 11.3 Å². The number of aromatic amines is 1. The zero-order valence-corrected chi connectivity index (χ0v) is 18.7. The number of rotatable bonds is 6. The summed E-state index contributed by atoms with van der Waals surface area (Å²) in [5.41, 5.74) is 4.27. The van der Waals surface area contributed by atoms with Crippen molar-refractivity contribution in [2.45, 2.75) is 32.4 Å². The molecule has 0 saturated carbocycles. The predicted molar refractivity (Wildman–Crippen MR) is 120 cm³/mol. The van der Waals surface area contributed by atoms with Crippen molar-refractivity contribution < 1.29 is 13.2 Å². The molecule has 1 aliphatic heterocycles. The third-order valence-electron chi connectivity index (χ3n) is 5.94. The number of anilines is 2. The van der Waals surface area contributed by atoms with Gasteiger partial charge in [-0.1, -0.05) is 0 Å². The Balaban J connectivity index is 1.24. The van der Waals surface area contributed by atoms with Crippen LogP contribution < -0.4 is 5.32 Å². The molecule has 33 heavy (non-hydrogen) atoms. The Morgan fingerprint density at radius 1 is 1.24 bits per heavy atom. The maximum atomic E-state index is 12.8. The highest BCUT2D eigenvalue weighted by molar-refractivity contribution is 7.10. The van der Waals surface area contributed by atoms with Gasteiger partial charge in [0.2, 0.25) is 0 Å². The smallest absolute Gasteiger partial charge is 0.328 e. The summed E-state index contributed by atoms with van der Waals surface area (Å²) in [6.07, 6.45) is 4.23. The molecule has 0 atom stereocenters. The summed E-state index contributed by atoms with van der Waals surface area (Å²) in [5.74, 6) is -0.534. The molecule has 4 aromatic heterocycles. The second kappa shape index (κ2) is 8.75. The first-order chi connectivity index (χ1) is 15.9. The number of hydrogen-bond acceptors (Lipinski definition) is 7. The van der Waals surface area contributed by atoms with Crippen LogP contribution in [0.15, 0.2) is 30.9 Å². The number of hydrogen-bond donors (Lipinski definition) is 2. The Morgan fingerprint density at radius 3 is 2.79 bits per heavy atom. The fourth-order valence-corrected chi connectivity index (χ4v) is 4.85. The van der Waals surface area contributed by atoms with Crippen molar-refractivity contribution in [1.82, 2.24) is 33.8 Å². The van der Waals surface area contributed by atoms with Gasteiger partial charge >= 0.3 is 6.18 Å². The molecule has 0 aliphatic carbocycles. The molecule has 0 spiro atoms. The minimum atomic E-state index is -4.08. The summed E-state index contributed by atoms with van der Waals surface area (Å²) in [6, 6.07) is 1.97. The van der Waals surface area contributed by atoms with E-state index in [9.17, 15) is 13.2 Å². The molecule has 0 unspecified atom stereocenters. The van der Waals surface area contributed by atoms with Gasteiger partial charge in [0.25, 0.3) is 0 Å². The fourth-order valence-electron chi connectivity index (χ4n) is 4.16. The van der Waals surface area contributed by atoms with Gasteiger partial charge in [0, 0.05) is 30.9 Å². The van der Waals surface area contributed by atoms with E-state index in [4.69, 9.17) is 0 Å². The monoisotopic (exact) mass is 476 g/mol. The first-order valence-corrected chi connectivity index (χ1v) is 11.5. The average molecular weight is 477 g/mol. The first kappa shape index (κ1) is 21.8. The number of nitrogens with zero attached hydrogens (tertiary/aromatic N) is 6. The summed E-state index contributed by atoms with van der Waals surface area (Å²) in [4.78, 5) is 11.2. The molecule has 174 valence electrons. The van der Waals surface area contributed by atoms with Gasteiger partial charge in [0.1, 0.15) is 5.00 Å². The van der Waals surface area contributed by atoms with Crippen LogP contribution in [0.5, 0.6) is 0 Å². The van der Waals surface area contributed by atoms with Gasteiger partial charge in [-0.3, -0.25) is 9.50 Å². The first-order valence-electron chi connectivity index (χ1n) is 10.7. The van der Waals surface area contributed by atoms with Gasteiger partial charge in [-0.2, -0.15) is 22.6 Å². The highest BCUT2D eigenvalue weighted by Crippen LogP contribution is 2.34.